The number of nitrogens with one attached hydrogen (secondary N) is 1. The van der Waals surface area contributed by atoms with Gasteiger partial charge in [-0.25, -0.2) is 0 Å². The molecule has 114 valence electrons. The number of benzene rings is 1. The van der Waals surface area contributed by atoms with Crippen molar-refractivity contribution < 1.29 is 18.3 Å². The standard InChI is InChI=1S/C13H17F3N2O.ClH/c1-9-2-3-10(11(19)8-9)12(13(14,15)16)18-6-4-17-5-7-18;/h2-3,8,12,17,19H,4-7H2,1H3;1H/t12-;/m1./s1. The smallest absolute Gasteiger partial charge is 0.408 e. The second kappa shape index (κ2) is 6.65. The first-order valence-corrected chi connectivity index (χ1v) is 6.20. The highest BCUT2D eigenvalue weighted by molar-refractivity contribution is 5.85. The minimum atomic E-state index is -4.40. The summed E-state index contributed by atoms with van der Waals surface area (Å²) in [6.07, 6.45) is -4.40. The number of piperazine rings is 1. The molecule has 1 heterocycles. The Morgan fingerprint density at radius 1 is 1.25 bits per heavy atom. The molecule has 0 aromatic heterocycles. The van der Waals surface area contributed by atoms with E-state index in [-0.39, 0.29) is 23.7 Å². The molecule has 1 aliphatic rings. The molecular weight excluding hydrogens is 293 g/mol. The van der Waals surface area contributed by atoms with Crippen molar-refractivity contribution in [1.29, 1.82) is 0 Å². The molecular formula is C13H18ClF3N2O. The number of alkyl halides is 3. The summed E-state index contributed by atoms with van der Waals surface area (Å²) in [4.78, 5) is 1.36. The van der Waals surface area contributed by atoms with Crippen molar-refractivity contribution in [2.75, 3.05) is 26.2 Å². The van der Waals surface area contributed by atoms with Gasteiger partial charge in [0.15, 0.2) is 0 Å². The molecule has 0 amide bonds. The normalized spacial score (nSPS) is 18.4. The Morgan fingerprint density at radius 2 is 1.85 bits per heavy atom. The molecule has 3 nitrogen and oxygen atoms in total. The second-order valence-corrected chi connectivity index (χ2v) is 4.79. The zero-order chi connectivity index (χ0) is 14.0. The molecule has 0 spiro atoms. The Bertz CT molecular complexity index is 448. The van der Waals surface area contributed by atoms with Gasteiger partial charge in [-0.1, -0.05) is 12.1 Å². The van der Waals surface area contributed by atoms with Crippen LogP contribution in [0.3, 0.4) is 0 Å². The summed E-state index contributed by atoms with van der Waals surface area (Å²) in [7, 11) is 0. The Morgan fingerprint density at radius 3 is 2.35 bits per heavy atom. The van der Waals surface area contributed by atoms with Gasteiger partial charge in [-0.05, 0) is 18.6 Å². The minimum Gasteiger partial charge on any atom is -0.508 e. The fraction of sp³-hybridized carbons (Fsp3) is 0.538. The van der Waals surface area contributed by atoms with Crippen LogP contribution in [-0.4, -0.2) is 42.4 Å². The van der Waals surface area contributed by atoms with Crippen molar-refractivity contribution in [3.8, 4) is 5.75 Å². The maximum atomic E-state index is 13.3. The molecule has 0 radical (unpaired) electrons. The second-order valence-electron chi connectivity index (χ2n) is 4.79. The summed E-state index contributed by atoms with van der Waals surface area (Å²) >= 11 is 0. The first-order valence-electron chi connectivity index (χ1n) is 6.20. The van der Waals surface area contributed by atoms with Crippen molar-refractivity contribution in [1.82, 2.24) is 10.2 Å². The molecule has 20 heavy (non-hydrogen) atoms. The van der Waals surface area contributed by atoms with E-state index in [9.17, 15) is 18.3 Å². The van der Waals surface area contributed by atoms with Gasteiger partial charge in [-0.2, -0.15) is 13.2 Å². The highest BCUT2D eigenvalue weighted by Gasteiger charge is 2.46. The van der Waals surface area contributed by atoms with E-state index in [1.54, 1.807) is 13.0 Å². The molecule has 0 bridgehead atoms. The average molecular weight is 311 g/mol. The molecule has 1 fully saturated rings. The summed E-state index contributed by atoms with van der Waals surface area (Å²) in [6, 6.07) is 2.59. The van der Waals surface area contributed by atoms with Gasteiger partial charge < -0.3 is 10.4 Å². The first kappa shape index (κ1) is 17.1. The van der Waals surface area contributed by atoms with Crippen LogP contribution in [0.15, 0.2) is 18.2 Å². The van der Waals surface area contributed by atoms with Gasteiger partial charge in [0, 0.05) is 31.7 Å². The van der Waals surface area contributed by atoms with Crippen LogP contribution in [-0.2, 0) is 0 Å². The van der Waals surface area contributed by atoms with Crippen LogP contribution >= 0.6 is 12.4 Å². The van der Waals surface area contributed by atoms with Crippen LogP contribution in [0, 0.1) is 6.92 Å². The molecule has 0 saturated carbocycles. The lowest BCUT2D eigenvalue weighted by Gasteiger charge is -2.36. The number of hydrogen-bond donors (Lipinski definition) is 2. The van der Waals surface area contributed by atoms with Gasteiger partial charge in [0.25, 0.3) is 0 Å². The van der Waals surface area contributed by atoms with E-state index < -0.39 is 12.2 Å². The van der Waals surface area contributed by atoms with Gasteiger partial charge in [0.1, 0.15) is 11.8 Å². The summed E-state index contributed by atoms with van der Waals surface area (Å²) in [6.45, 7) is 3.42. The summed E-state index contributed by atoms with van der Waals surface area (Å²) in [5.74, 6) is -0.291. The fourth-order valence-corrected chi connectivity index (χ4v) is 2.41. The van der Waals surface area contributed by atoms with Crippen LogP contribution in [0.1, 0.15) is 17.2 Å². The van der Waals surface area contributed by atoms with Gasteiger partial charge in [-0.15, -0.1) is 12.4 Å². The van der Waals surface area contributed by atoms with Crippen LogP contribution in [0.5, 0.6) is 5.75 Å². The third-order valence-corrected chi connectivity index (χ3v) is 3.31. The lowest BCUT2D eigenvalue weighted by molar-refractivity contribution is -0.188. The van der Waals surface area contributed by atoms with Gasteiger partial charge in [0.05, 0.1) is 0 Å². The number of aromatic hydroxyl groups is 1. The van der Waals surface area contributed by atoms with E-state index in [2.05, 4.69) is 5.32 Å². The number of phenols is 1. The van der Waals surface area contributed by atoms with Crippen LogP contribution < -0.4 is 5.32 Å². The zero-order valence-electron chi connectivity index (χ0n) is 11.1. The molecule has 0 aliphatic carbocycles. The number of hydrogen-bond acceptors (Lipinski definition) is 3. The highest BCUT2D eigenvalue weighted by atomic mass is 35.5. The van der Waals surface area contributed by atoms with Gasteiger partial charge in [-0.3, -0.25) is 4.90 Å². The molecule has 1 atom stereocenters. The van der Waals surface area contributed by atoms with Gasteiger partial charge in [0.2, 0.25) is 0 Å². The predicted molar refractivity (Wildman–Crippen MR) is 73.3 cm³/mol. The molecule has 1 aliphatic heterocycles. The van der Waals surface area contributed by atoms with E-state index in [0.717, 1.165) is 5.56 Å². The lowest BCUT2D eigenvalue weighted by atomic mass is 10.0. The van der Waals surface area contributed by atoms with E-state index in [1.165, 1.54) is 17.0 Å². The Balaban J connectivity index is 0.00000200. The van der Waals surface area contributed by atoms with Crippen LogP contribution in [0.4, 0.5) is 13.2 Å². The lowest BCUT2D eigenvalue weighted by Crippen LogP contribution is -2.49. The highest BCUT2D eigenvalue weighted by Crippen LogP contribution is 2.41. The molecule has 0 unspecified atom stereocenters. The molecule has 1 aromatic carbocycles. The quantitative estimate of drug-likeness (QED) is 0.881. The monoisotopic (exact) mass is 310 g/mol. The number of phenolic OH excluding ortho intramolecular Hbond substituents is 1. The summed E-state index contributed by atoms with van der Waals surface area (Å²) < 4.78 is 39.9. The Hall–Kier alpha value is -0.980. The molecule has 1 saturated heterocycles. The summed E-state index contributed by atoms with van der Waals surface area (Å²) in [5, 5.41) is 12.8. The van der Waals surface area contributed by atoms with E-state index in [4.69, 9.17) is 0 Å². The molecule has 1 aromatic rings. The third-order valence-electron chi connectivity index (χ3n) is 3.31. The van der Waals surface area contributed by atoms with Crippen molar-refractivity contribution in [3.63, 3.8) is 0 Å². The van der Waals surface area contributed by atoms with Crippen LogP contribution in [0.25, 0.3) is 0 Å². The zero-order valence-corrected chi connectivity index (χ0v) is 11.9. The van der Waals surface area contributed by atoms with Crippen molar-refractivity contribution >= 4 is 12.4 Å². The van der Waals surface area contributed by atoms with Crippen molar-refractivity contribution in [2.24, 2.45) is 0 Å². The van der Waals surface area contributed by atoms with E-state index >= 15 is 0 Å². The number of aryl methyl sites for hydroxylation is 1. The first-order chi connectivity index (χ1) is 8.89. The Labute approximate surface area is 122 Å². The minimum absolute atomic E-state index is 0. The van der Waals surface area contributed by atoms with Crippen molar-refractivity contribution in [3.05, 3.63) is 29.3 Å². The SMILES string of the molecule is Cc1ccc([C@@H](N2CCNCC2)C(F)(F)F)c(O)c1.Cl. The van der Waals surface area contributed by atoms with Gasteiger partial charge >= 0.3 is 6.18 Å². The van der Waals surface area contributed by atoms with E-state index in [0.29, 0.717) is 26.2 Å². The Kier molecular flexibility index (Phi) is 5.68. The van der Waals surface area contributed by atoms with Crippen LogP contribution in [0.2, 0.25) is 0 Å². The average Bonchev–Trinajstić information content (AvgIpc) is 2.32. The molecule has 2 rings (SSSR count). The summed E-state index contributed by atoms with van der Waals surface area (Å²) in [5.41, 5.74) is 0.669. The fourth-order valence-electron chi connectivity index (χ4n) is 2.41. The molecule has 7 heteroatoms. The maximum absolute atomic E-state index is 13.3. The van der Waals surface area contributed by atoms with Crippen molar-refractivity contribution in [2.45, 2.75) is 19.1 Å². The maximum Gasteiger partial charge on any atom is 0.408 e. The largest absolute Gasteiger partial charge is 0.508 e. The number of rotatable bonds is 2. The number of nitrogens with zero attached hydrogens (tertiary/aromatic N) is 1. The molecule has 2 N–H and O–H groups in total. The van der Waals surface area contributed by atoms with E-state index in [1.807, 2.05) is 0 Å². The number of halogens is 4. The topological polar surface area (TPSA) is 35.5 Å². The third kappa shape index (κ3) is 3.77. The predicted octanol–water partition coefficient (Wildman–Crippen LogP) is 2.63.